The van der Waals surface area contributed by atoms with E-state index in [2.05, 4.69) is 15.6 Å². The van der Waals surface area contributed by atoms with Gasteiger partial charge in [-0.25, -0.2) is 0 Å². The van der Waals surface area contributed by atoms with Gasteiger partial charge in [0, 0.05) is 32.1 Å². The summed E-state index contributed by atoms with van der Waals surface area (Å²) in [6.45, 7) is 3.66. The molecule has 1 aromatic heterocycles. The molecule has 0 aliphatic carbocycles. The third-order valence-electron chi connectivity index (χ3n) is 4.31. The van der Waals surface area contributed by atoms with E-state index in [1.165, 1.54) is 12.4 Å². The van der Waals surface area contributed by atoms with E-state index < -0.39 is 0 Å². The molecule has 2 N–H and O–H groups in total. The van der Waals surface area contributed by atoms with Crippen LogP contribution in [-0.4, -0.2) is 36.1 Å². The molecule has 26 heavy (non-hydrogen) atoms. The number of aryl methyl sites for hydroxylation is 1. The van der Waals surface area contributed by atoms with Gasteiger partial charge in [0.25, 0.3) is 11.8 Å². The standard InChI is InChI=1S/C20H23N3O3/c1-14-4-2-5-15(8-14)10-22-19(24)16-9-17(12-21-11-16)20(25)23-13-18-6-3-7-26-18/h2,4-5,8-9,11-12,18H,3,6-7,10,13H2,1H3,(H,22,24)(H,23,25). The minimum Gasteiger partial charge on any atom is -0.376 e. The fraction of sp³-hybridized carbons (Fsp3) is 0.350. The van der Waals surface area contributed by atoms with Crippen molar-refractivity contribution in [2.75, 3.05) is 13.2 Å². The largest absolute Gasteiger partial charge is 0.376 e. The molecule has 3 rings (SSSR count). The minimum atomic E-state index is -0.257. The number of carbonyl (C=O) groups excluding carboxylic acids is 2. The molecule has 1 aliphatic heterocycles. The summed E-state index contributed by atoms with van der Waals surface area (Å²) in [5, 5.41) is 5.69. The maximum atomic E-state index is 12.3. The van der Waals surface area contributed by atoms with Crippen LogP contribution in [0.5, 0.6) is 0 Å². The first-order valence-corrected chi connectivity index (χ1v) is 8.80. The van der Waals surface area contributed by atoms with Crippen molar-refractivity contribution in [2.24, 2.45) is 0 Å². The molecule has 0 radical (unpaired) electrons. The molecule has 6 nitrogen and oxygen atoms in total. The number of ether oxygens (including phenoxy) is 1. The van der Waals surface area contributed by atoms with Gasteiger partial charge in [-0.05, 0) is 31.4 Å². The molecule has 1 unspecified atom stereocenters. The number of pyridine rings is 1. The predicted octanol–water partition coefficient (Wildman–Crippen LogP) is 2.23. The van der Waals surface area contributed by atoms with Crippen LogP contribution in [0.1, 0.15) is 44.7 Å². The van der Waals surface area contributed by atoms with Gasteiger partial charge in [-0.1, -0.05) is 29.8 Å². The lowest BCUT2D eigenvalue weighted by Crippen LogP contribution is -2.32. The van der Waals surface area contributed by atoms with Crippen molar-refractivity contribution in [3.63, 3.8) is 0 Å². The fourth-order valence-corrected chi connectivity index (χ4v) is 2.91. The molecule has 1 aromatic carbocycles. The second-order valence-corrected chi connectivity index (χ2v) is 6.48. The maximum Gasteiger partial charge on any atom is 0.253 e. The van der Waals surface area contributed by atoms with E-state index in [-0.39, 0.29) is 17.9 Å². The Morgan fingerprint density at radius 1 is 1.15 bits per heavy atom. The van der Waals surface area contributed by atoms with Crippen LogP contribution in [0.4, 0.5) is 0 Å². The molecule has 0 saturated carbocycles. The zero-order valence-electron chi connectivity index (χ0n) is 14.8. The normalized spacial score (nSPS) is 16.3. The zero-order valence-corrected chi connectivity index (χ0v) is 14.8. The quantitative estimate of drug-likeness (QED) is 0.835. The topological polar surface area (TPSA) is 80.3 Å². The molecule has 1 fully saturated rings. The van der Waals surface area contributed by atoms with Crippen molar-refractivity contribution in [1.29, 1.82) is 0 Å². The Labute approximate surface area is 153 Å². The van der Waals surface area contributed by atoms with Crippen LogP contribution >= 0.6 is 0 Å². The Kier molecular flexibility index (Phi) is 5.96. The minimum absolute atomic E-state index is 0.0766. The summed E-state index contributed by atoms with van der Waals surface area (Å²) < 4.78 is 5.49. The second-order valence-electron chi connectivity index (χ2n) is 6.48. The Morgan fingerprint density at radius 3 is 2.62 bits per heavy atom. The van der Waals surface area contributed by atoms with Gasteiger partial charge in [-0.15, -0.1) is 0 Å². The van der Waals surface area contributed by atoms with Crippen LogP contribution in [0, 0.1) is 6.92 Å². The highest BCUT2D eigenvalue weighted by molar-refractivity contribution is 5.99. The number of aromatic nitrogens is 1. The lowest BCUT2D eigenvalue weighted by Gasteiger charge is -2.11. The molecule has 1 saturated heterocycles. The monoisotopic (exact) mass is 353 g/mol. The molecule has 1 atom stereocenters. The highest BCUT2D eigenvalue weighted by Gasteiger charge is 2.17. The lowest BCUT2D eigenvalue weighted by molar-refractivity contribution is 0.0857. The molecule has 2 amide bonds. The number of benzene rings is 1. The van der Waals surface area contributed by atoms with E-state index in [1.54, 1.807) is 6.07 Å². The summed E-state index contributed by atoms with van der Waals surface area (Å²) >= 11 is 0. The number of amides is 2. The fourth-order valence-electron chi connectivity index (χ4n) is 2.91. The first-order chi connectivity index (χ1) is 12.6. The van der Waals surface area contributed by atoms with Crippen molar-refractivity contribution in [3.05, 3.63) is 65.0 Å². The Hall–Kier alpha value is -2.73. The van der Waals surface area contributed by atoms with E-state index in [4.69, 9.17) is 4.74 Å². The molecular weight excluding hydrogens is 330 g/mol. The lowest BCUT2D eigenvalue weighted by atomic mass is 10.1. The van der Waals surface area contributed by atoms with Gasteiger partial charge < -0.3 is 15.4 Å². The van der Waals surface area contributed by atoms with Crippen LogP contribution in [-0.2, 0) is 11.3 Å². The third kappa shape index (κ3) is 4.89. The molecule has 6 heteroatoms. The number of nitrogens with zero attached hydrogens (tertiary/aromatic N) is 1. The van der Waals surface area contributed by atoms with Crippen molar-refractivity contribution in [3.8, 4) is 0 Å². The maximum absolute atomic E-state index is 12.3. The Balaban J connectivity index is 1.56. The highest BCUT2D eigenvalue weighted by Crippen LogP contribution is 2.11. The van der Waals surface area contributed by atoms with E-state index in [0.717, 1.165) is 30.6 Å². The summed E-state index contributed by atoms with van der Waals surface area (Å²) in [6, 6.07) is 9.50. The first kappa shape index (κ1) is 18.1. The van der Waals surface area contributed by atoms with E-state index in [0.29, 0.717) is 24.2 Å². The number of hydrogen-bond acceptors (Lipinski definition) is 4. The Morgan fingerprint density at radius 2 is 1.92 bits per heavy atom. The summed E-state index contributed by atoms with van der Waals surface area (Å²) in [5.41, 5.74) is 2.90. The van der Waals surface area contributed by atoms with Gasteiger partial charge in [0.2, 0.25) is 0 Å². The summed E-state index contributed by atoms with van der Waals surface area (Å²) in [4.78, 5) is 28.6. The smallest absolute Gasteiger partial charge is 0.253 e. The molecule has 1 aliphatic rings. The SMILES string of the molecule is Cc1cccc(CNC(=O)c2cncc(C(=O)NCC3CCCO3)c2)c1. The van der Waals surface area contributed by atoms with Crippen LogP contribution in [0.15, 0.2) is 42.7 Å². The van der Waals surface area contributed by atoms with Gasteiger partial charge in [-0.3, -0.25) is 14.6 Å². The number of rotatable bonds is 6. The van der Waals surface area contributed by atoms with Crippen molar-refractivity contribution in [1.82, 2.24) is 15.6 Å². The van der Waals surface area contributed by atoms with Crippen LogP contribution in [0.2, 0.25) is 0 Å². The predicted molar refractivity (Wildman–Crippen MR) is 97.9 cm³/mol. The van der Waals surface area contributed by atoms with Crippen molar-refractivity contribution >= 4 is 11.8 Å². The number of carbonyl (C=O) groups is 2. The molecule has 136 valence electrons. The van der Waals surface area contributed by atoms with E-state index >= 15 is 0 Å². The second kappa shape index (κ2) is 8.58. The summed E-state index contributed by atoms with van der Waals surface area (Å²) in [6.07, 6.45) is 4.98. The third-order valence-corrected chi connectivity index (χ3v) is 4.31. The van der Waals surface area contributed by atoms with Crippen LogP contribution < -0.4 is 10.6 Å². The van der Waals surface area contributed by atoms with E-state index in [1.807, 2.05) is 31.2 Å². The van der Waals surface area contributed by atoms with Gasteiger partial charge in [0.1, 0.15) is 0 Å². The molecule has 0 spiro atoms. The number of nitrogens with one attached hydrogen (secondary N) is 2. The summed E-state index contributed by atoms with van der Waals surface area (Å²) in [7, 11) is 0. The van der Waals surface area contributed by atoms with Crippen molar-refractivity contribution < 1.29 is 14.3 Å². The van der Waals surface area contributed by atoms with Gasteiger partial charge in [0.15, 0.2) is 0 Å². The van der Waals surface area contributed by atoms with E-state index in [9.17, 15) is 9.59 Å². The van der Waals surface area contributed by atoms with Crippen LogP contribution in [0.25, 0.3) is 0 Å². The first-order valence-electron chi connectivity index (χ1n) is 8.80. The molecule has 0 bridgehead atoms. The molecule has 2 aromatic rings. The number of hydrogen-bond donors (Lipinski definition) is 2. The zero-order chi connectivity index (χ0) is 18.4. The average Bonchev–Trinajstić information content (AvgIpc) is 3.18. The summed E-state index contributed by atoms with van der Waals surface area (Å²) in [5.74, 6) is -0.505. The Bertz CT molecular complexity index is 785. The highest BCUT2D eigenvalue weighted by atomic mass is 16.5. The van der Waals surface area contributed by atoms with Crippen molar-refractivity contribution in [2.45, 2.75) is 32.4 Å². The average molecular weight is 353 g/mol. The van der Waals surface area contributed by atoms with Crippen LogP contribution in [0.3, 0.4) is 0 Å². The van der Waals surface area contributed by atoms with Gasteiger partial charge in [0.05, 0.1) is 17.2 Å². The molecule has 2 heterocycles. The van der Waals surface area contributed by atoms with Gasteiger partial charge >= 0.3 is 0 Å². The molecular formula is C20H23N3O3. The van der Waals surface area contributed by atoms with Gasteiger partial charge in [-0.2, -0.15) is 0 Å².